The number of aromatic amines is 2. The summed E-state index contributed by atoms with van der Waals surface area (Å²) in [6.45, 7) is 10.4. The van der Waals surface area contributed by atoms with Gasteiger partial charge in [-0.05, 0) is 50.1 Å². The Balaban J connectivity index is 1.43. The van der Waals surface area contributed by atoms with Crippen LogP contribution in [0.3, 0.4) is 0 Å². The molecule has 11 heteroatoms. The predicted molar refractivity (Wildman–Crippen MR) is 144 cm³/mol. The highest BCUT2D eigenvalue weighted by Crippen LogP contribution is 2.44. The number of ether oxygens (including phenoxy) is 1. The third kappa shape index (κ3) is 3.57. The molecule has 0 saturated carbocycles. The van der Waals surface area contributed by atoms with Crippen molar-refractivity contribution in [2.45, 2.75) is 38.8 Å². The Hall–Kier alpha value is -4.77. The van der Waals surface area contributed by atoms with Crippen LogP contribution in [0.1, 0.15) is 47.3 Å². The Labute approximate surface area is 224 Å². The van der Waals surface area contributed by atoms with Gasteiger partial charge in [-0.3, -0.25) is 10.3 Å². The van der Waals surface area contributed by atoms with Crippen LogP contribution < -0.4 is 5.32 Å². The Bertz CT molecular complexity index is 1750. The third-order valence-electron chi connectivity index (χ3n) is 7.30. The van der Waals surface area contributed by atoms with Crippen molar-refractivity contribution in [3.05, 3.63) is 95.6 Å². The van der Waals surface area contributed by atoms with Gasteiger partial charge in [0.2, 0.25) is 29.0 Å². The highest BCUT2D eigenvalue weighted by molar-refractivity contribution is 5.96. The van der Waals surface area contributed by atoms with E-state index in [2.05, 4.69) is 49.1 Å². The fourth-order valence-electron chi connectivity index (χ4n) is 5.40. The molecule has 5 aromatic rings. The number of fused-ring (bicyclic) bond motifs is 3. The number of benzene rings is 1. The Morgan fingerprint density at radius 1 is 1.10 bits per heavy atom. The number of nitrogens with one attached hydrogen (secondary N) is 3. The lowest BCUT2D eigenvalue weighted by molar-refractivity contribution is 0.257. The van der Waals surface area contributed by atoms with Crippen molar-refractivity contribution in [3.8, 4) is 11.4 Å². The molecule has 196 valence electrons. The third-order valence-corrected chi connectivity index (χ3v) is 7.30. The van der Waals surface area contributed by atoms with Crippen molar-refractivity contribution in [1.29, 1.82) is 0 Å². The van der Waals surface area contributed by atoms with Gasteiger partial charge in [-0.2, -0.15) is 4.98 Å². The van der Waals surface area contributed by atoms with Crippen molar-refractivity contribution in [2.75, 3.05) is 6.54 Å². The van der Waals surface area contributed by atoms with Gasteiger partial charge in [0.05, 0.1) is 29.3 Å². The number of pyridine rings is 1. The number of nitrogens with zero attached hydrogens (tertiary/aromatic N) is 6. The molecule has 0 aliphatic carbocycles. The van der Waals surface area contributed by atoms with E-state index in [0.717, 1.165) is 44.9 Å². The monoisotopic (exact) mass is 521 g/mol. The number of hydrogen-bond donors (Lipinski definition) is 3. The van der Waals surface area contributed by atoms with E-state index in [9.17, 15) is 0 Å². The first kappa shape index (κ1) is 23.4. The summed E-state index contributed by atoms with van der Waals surface area (Å²) in [4.78, 5) is 21.1. The van der Waals surface area contributed by atoms with Crippen molar-refractivity contribution in [2.24, 2.45) is 5.10 Å². The molecule has 2 atom stereocenters. The molecule has 2 aliphatic rings. The summed E-state index contributed by atoms with van der Waals surface area (Å²) < 4.78 is 11.7. The Morgan fingerprint density at radius 2 is 1.97 bits per heavy atom. The van der Waals surface area contributed by atoms with E-state index in [4.69, 9.17) is 19.3 Å². The Morgan fingerprint density at radius 3 is 2.72 bits per heavy atom. The molecule has 6 heterocycles. The molecule has 0 saturated heterocycles. The van der Waals surface area contributed by atoms with Crippen molar-refractivity contribution in [3.63, 3.8) is 0 Å². The maximum Gasteiger partial charge on any atom is 0.248 e. The standard InChI is InChI=1S/C28H27N9O2/c1-5-37-17(4)38-27(35-37)28(26-31-16(3)39-36-26)24-19(18-8-6-7-9-20(18)32-24)12-22(34-28)25-30-14-23(33-25)21-11-10-15(2)13-29-21/h6-11,13-14,22,32,34H,4-5,12H2,1-3H3,(H,30,33)/t22-,28?/m1/s1. The fraction of sp³-hybridized carbons (Fsp3) is 0.250. The van der Waals surface area contributed by atoms with E-state index in [1.807, 2.05) is 50.5 Å². The first-order valence-electron chi connectivity index (χ1n) is 12.9. The van der Waals surface area contributed by atoms with Gasteiger partial charge in [0.15, 0.2) is 0 Å². The van der Waals surface area contributed by atoms with E-state index in [0.29, 0.717) is 36.5 Å². The molecule has 1 unspecified atom stereocenters. The van der Waals surface area contributed by atoms with Crippen LogP contribution in [0.25, 0.3) is 22.3 Å². The summed E-state index contributed by atoms with van der Waals surface area (Å²) in [5, 5.41) is 15.8. The molecule has 0 bridgehead atoms. The van der Waals surface area contributed by atoms with E-state index >= 15 is 0 Å². The summed E-state index contributed by atoms with van der Waals surface area (Å²) in [6.07, 6.45) is 4.31. The van der Waals surface area contributed by atoms with E-state index in [1.165, 1.54) is 0 Å². The molecule has 2 aliphatic heterocycles. The number of para-hydroxylation sites is 1. The number of imidazole rings is 1. The van der Waals surface area contributed by atoms with Crippen LogP contribution in [0.15, 0.2) is 70.9 Å². The zero-order chi connectivity index (χ0) is 26.7. The fourth-order valence-corrected chi connectivity index (χ4v) is 5.40. The maximum absolute atomic E-state index is 6.23. The van der Waals surface area contributed by atoms with E-state index in [1.54, 1.807) is 11.9 Å². The van der Waals surface area contributed by atoms with Gasteiger partial charge in [-0.1, -0.05) is 29.4 Å². The van der Waals surface area contributed by atoms with Crippen LogP contribution in [-0.2, 0) is 16.7 Å². The molecule has 3 N–H and O–H groups in total. The van der Waals surface area contributed by atoms with Crippen LogP contribution >= 0.6 is 0 Å². The average Bonchev–Trinajstić information content (AvgIpc) is 3.74. The molecule has 0 fully saturated rings. The minimum Gasteiger partial charge on any atom is -0.421 e. The Kier molecular flexibility index (Phi) is 5.17. The number of aryl methyl sites for hydroxylation is 2. The summed E-state index contributed by atoms with van der Waals surface area (Å²) in [6, 6.07) is 11.9. The number of H-pyrrole nitrogens is 2. The summed E-state index contributed by atoms with van der Waals surface area (Å²) in [5.74, 6) is 2.35. The zero-order valence-electron chi connectivity index (χ0n) is 21.8. The number of aromatic nitrogens is 6. The molecular formula is C28H27N9O2. The topological polar surface area (TPSA) is 133 Å². The molecule has 7 rings (SSSR count). The highest BCUT2D eigenvalue weighted by Gasteiger charge is 2.55. The molecule has 1 aromatic carbocycles. The van der Waals surface area contributed by atoms with Gasteiger partial charge in [-0.15, -0.1) is 5.10 Å². The first-order chi connectivity index (χ1) is 19.0. The van der Waals surface area contributed by atoms with Gasteiger partial charge in [-0.25, -0.2) is 9.99 Å². The second-order valence-electron chi connectivity index (χ2n) is 9.83. The van der Waals surface area contributed by atoms with Crippen molar-refractivity contribution >= 4 is 16.8 Å². The lowest BCUT2D eigenvalue weighted by atomic mass is 9.82. The van der Waals surface area contributed by atoms with Crippen LogP contribution in [0, 0.1) is 13.8 Å². The summed E-state index contributed by atoms with van der Waals surface area (Å²) >= 11 is 0. The van der Waals surface area contributed by atoms with Crippen LogP contribution in [-0.4, -0.2) is 47.5 Å². The number of hydrogen-bond acceptors (Lipinski definition) is 9. The van der Waals surface area contributed by atoms with Crippen LogP contribution in [0.5, 0.6) is 0 Å². The minimum atomic E-state index is -1.20. The van der Waals surface area contributed by atoms with Gasteiger partial charge >= 0.3 is 0 Å². The molecule has 0 spiro atoms. The van der Waals surface area contributed by atoms with Gasteiger partial charge in [0, 0.05) is 30.6 Å². The molecule has 0 radical (unpaired) electrons. The van der Waals surface area contributed by atoms with Crippen molar-refractivity contribution < 1.29 is 9.26 Å². The summed E-state index contributed by atoms with van der Waals surface area (Å²) in [7, 11) is 0. The zero-order valence-corrected chi connectivity index (χ0v) is 21.8. The number of hydrazone groups is 1. The SMILES string of the molecule is C=C1OC(C2(c3noc(C)n3)N[C@@H](c3ncc(-c4ccc(C)cn4)[nH]3)Cc3c2[nH]c2ccccc32)=NN1CC. The van der Waals surface area contributed by atoms with Gasteiger partial charge < -0.3 is 19.2 Å². The van der Waals surface area contributed by atoms with E-state index < -0.39 is 5.54 Å². The summed E-state index contributed by atoms with van der Waals surface area (Å²) in [5.41, 5.74) is 4.48. The molecule has 39 heavy (non-hydrogen) atoms. The molecule has 0 amide bonds. The number of rotatable bonds is 5. The van der Waals surface area contributed by atoms with Gasteiger partial charge in [0.25, 0.3) is 0 Å². The lowest BCUT2D eigenvalue weighted by Crippen LogP contribution is -2.56. The minimum absolute atomic E-state index is 0.273. The predicted octanol–water partition coefficient (Wildman–Crippen LogP) is 4.22. The van der Waals surface area contributed by atoms with Crippen LogP contribution in [0.2, 0.25) is 0 Å². The van der Waals surface area contributed by atoms with Crippen molar-refractivity contribution in [1.82, 2.24) is 40.4 Å². The lowest BCUT2D eigenvalue weighted by Gasteiger charge is -2.38. The maximum atomic E-state index is 6.23. The highest BCUT2D eigenvalue weighted by atomic mass is 16.5. The van der Waals surface area contributed by atoms with Crippen LogP contribution in [0.4, 0.5) is 0 Å². The second-order valence-corrected chi connectivity index (χ2v) is 9.83. The molecule has 4 aromatic heterocycles. The largest absolute Gasteiger partial charge is 0.421 e. The quantitative estimate of drug-likeness (QED) is 0.313. The first-order valence-corrected chi connectivity index (χ1v) is 12.9. The average molecular weight is 522 g/mol. The van der Waals surface area contributed by atoms with E-state index in [-0.39, 0.29) is 6.04 Å². The second kappa shape index (κ2) is 8.63. The normalized spacial score (nSPS) is 20.8. The molecule has 11 nitrogen and oxygen atoms in total. The van der Waals surface area contributed by atoms with Gasteiger partial charge in [0.1, 0.15) is 5.82 Å². The molecular weight excluding hydrogens is 494 g/mol. The smallest absolute Gasteiger partial charge is 0.248 e.